The van der Waals surface area contributed by atoms with Gasteiger partial charge >= 0.3 is 0 Å². The molecule has 0 radical (unpaired) electrons. The number of aromatic nitrogens is 1. The van der Waals surface area contributed by atoms with Crippen molar-refractivity contribution >= 4 is 27.4 Å². The third-order valence-corrected chi connectivity index (χ3v) is 4.87. The van der Waals surface area contributed by atoms with Crippen molar-refractivity contribution in [2.75, 3.05) is 36.5 Å². The Labute approximate surface area is 149 Å². The van der Waals surface area contributed by atoms with E-state index in [1.54, 1.807) is 32.0 Å². The summed E-state index contributed by atoms with van der Waals surface area (Å²) in [6.07, 6.45) is 0. The average Bonchev–Trinajstić information content (AvgIpc) is 2.99. The van der Waals surface area contributed by atoms with Crippen molar-refractivity contribution in [3.05, 3.63) is 30.1 Å². The Hall–Kier alpha value is -2.03. The molecular weight excluding hydrogens is 343 g/mol. The number of carbonyl (C=O) groups excluding carboxylic acids is 1. The first-order chi connectivity index (χ1) is 11.9. The van der Waals surface area contributed by atoms with Crippen LogP contribution in [-0.4, -0.2) is 42.7 Å². The summed E-state index contributed by atoms with van der Waals surface area (Å²) in [7, 11) is 0. The van der Waals surface area contributed by atoms with Crippen molar-refractivity contribution < 1.29 is 13.9 Å². The zero-order chi connectivity index (χ0) is 18.0. The molecule has 0 unspecified atom stereocenters. The van der Waals surface area contributed by atoms with Crippen LogP contribution in [0.2, 0.25) is 0 Å². The fraction of sp³-hybridized carbons (Fsp3) is 0.412. The number of benzene rings is 1. The molecule has 1 aromatic heterocycles. The third-order valence-electron chi connectivity index (χ3n) is 3.84. The van der Waals surface area contributed by atoms with Crippen LogP contribution >= 0.6 is 11.3 Å². The number of nitrogens with two attached hydrogens (primary N) is 1. The summed E-state index contributed by atoms with van der Waals surface area (Å²) in [5, 5.41) is 3.96. The third kappa shape index (κ3) is 3.97. The second-order valence-corrected chi connectivity index (χ2v) is 7.41. The quantitative estimate of drug-likeness (QED) is 0.871. The van der Waals surface area contributed by atoms with Crippen molar-refractivity contribution in [3.8, 4) is 11.3 Å². The summed E-state index contributed by atoms with van der Waals surface area (Å²) in [5.74, 6) is -0.686. The summed E-state index contributed by atoms with van der Waals surface area (Å²) in [6, 6.07) is 6.49. The smallest absolute Gasteiger partial charge is 0.245 e. The van der Waals surface area contributed by atoms with Crippen molar-refractivity contribution in [3.63, 3.8) is 0 Å². The van der Waals surface area contributed by atoms with Gasteiger partial charge in [-0.3, -0.25) is 4.79 Å². The van der Waals surface area contributed by atoms with Crippen LogP contribution in [0.5, 0.6) is 0 Å². The lowest BCUT2D eigenvalue weighted by molar-refractivity contribution is -0.120. The molecule has 0 atom stereocenters. The number of carbonyl (C=O) groups is 1. The zero-order valence-corrected chi connectivity index (χ0v) is 15.0. The predicted octanol–water partition coefficient (Wildman–Crippen LogP) is 2.46. The average molecular weight is 364 g/mol. The molecule has 0 bridgehead atoms. The van der Waals surface area contributed by atoms with Crippen molar-refractivity contribution in [1.29, 1.82) is 0 Å². The number of thiazole rings is 1. The summed E-state index contributed by atoms with van der Waals surface area (Å²) in [6.45, 7) is 5.84. The Morgan fingerprint density at radius 1 is 1.36 bits per heavy atom. The number of amides is 1. The molecule has 6 nitrogen and oxygen atoms in total. The number of anilines is 2. The van der Waals surface area contributed by atoms with Gasteiger partial charge in [-0.05, 0) is 26.0 Å². The summed E-state index contributed by atoms with van der Waals surface area (Å²) < 4.78 is 19.7. The second kappa shape index (κ2) is 7.07. The van der Waals surface area contributed by atoms with Gasteiger partial charge in [-0.15, -0.1) is 0 Å². The van der Waals surface area contributed by atoms with E-state index in [1.165, 1.54) is 17.4 Å². The minimum atomic E-state index is -1.02. The van der Waals surface area contributed by atoms with Crippen molar-refractivity contribution in [1.82, 2.24) is 4.98 Å². The number of nitrogens with one attached hydrogen (secondary N) is 1. The number of rotatable bonds is 4. The maximum atomic E-state index is 14.3. The van der Waals surface area contributed by atoms with Gasteiger partial charge in [-0.1, -0.05) is 23.5 Å². The molecule has 1 aliphatic heterocycles. The van der Waals surface area contributed by atoms with Crippen LogP contribution in [0.4, 0.5) is 14.5 Å². The van der Waals surface area contributed by atoms with Gasteiger partial charge in [0.25, 0.3) is 0 Å². The monoisotopic (exact) mass is 364 g/mol. The number of hydrogen-bond acceptors (Lipinski definition) is 6. The lowest BCUT2D eigenvalue weighted by atomic mass is 10.1. The highest BCUT2D eigenvalue weighted by Gasteiger charge is 2.26. The first-order valence-electron chi connectivity index (χ1n) is 8.05. The molecule has 1 aliphatic rings. The Bertz CT molecular complexity index is 766. The van der Waals surface area contributed by atoms with Gasteiger partial charge in [0.2, 0.25) is 5.91 Å². The lowest BCUT2D eigenvalue weighted by Gasteiger charge is -2.28. The normalized spacial score (nSPS) is 15.3. The molecule has 25 heavy (non-hydrogen) atoms. The largest absolute Gasteiger partial charge is 0.378 e. The van der Waals surface area contributed by atoms with Gasteiger partial charge < -0.3 is 20.7 Å². The van der Waals surface area contributed by atoms with Crippen LogP contribution in [0.3, 0.4) is 0 Å². The van der Waals surface area contributed by atoms with E-state index in [0.717, 1.165) is 5.00 Å². The predicted molar refractivity (Wildman–Crippen MR) is 97.4 cm³/mol. The molecule has 1 fully saturated rings. The molecule has 1 saturated heterocycles. The standard InChI is InChI=1S/C17H21FN4O2S/c1-17(2,19)15(23)21-16-20-13(11-5-3-4-6-12(11)18)14(25-16)22-7-9-24-10-8-22/h3-6H,7-10,19H2,1-2H3,(H,20,21,23). The first kappa shape index (κ1) is 17.8. The van der Waals surface area contributed by atoms with Crippen LogP contribution in [-0.2, 0) is 9.53 Å². The molecule has 0 saturated carbocycles. The number of ether oxygens (including phenoxy) is 1. The van der Waals surface area contributed by atoms with E-state index in [0.29, 0.717) is 42.7 Å². The highest BCUT2D eigenvalue weighted by Crippen LogP contribution is 2.40. The van der Waals surface area contributed by atoms with E-state index in [-0.39, 0.29) is 11.7 Å². The Balaban J connectivity index is 1.99. The van der Waals surface area contributed by atoms with Crippen LogP contribution in [0.1, 0.15) is 13.8 Å². The molecule has 0 spiro atoms. The van der Waals surface area contributed by atoms with Gasteiger partial charge in [-0.25, -0.2) is 9.37 Å². The van der Waals surface area contributed by atoms with Crippen LogP contribution in [0.25, 0.3) is 11.3 Å². The summed E-state index contributed by atoms with van der Waals surface area (Å²) in [4.78, 5) is 18.7. The van der Waals surface area contributed by atoms with Gasteiger partial charge in [0.15, 0.2) is 5.13 Å². The van der Waals surface area contributed by atoms with Gasteiger partial charge in [0.1, 0.15) is 16.5 Å². The molecule has 1 amide bonds. The SMILES string of the molecule is CC(C)(N)C(=O)Nc1nc(-c2ccccc2F)c(N2CCOCC2)s1. The molecule has 8 heteroatoms. The van der Waals surface area contributed by atoms with E-state index in [4.69, 9.17) is 10.5 Å². The molecular formula is C17H21FN4O2S. The molecule has 2 aromatic rings. The van der Waals surface area contributed by atoms with Crippen LogP contribution < -0.4 is 16.0 Å². The van der Waals surface area contributed by atoms with E-state index in [2.05, 4.69) is 15.2 Å². The maximum absolute atomic E-state index is 14.3. The zero-order valence-electron chi connectivity index (χ0n) is 14.2. The van der Waals surface area contributed by atoms with Gasteiger partial charge in [0, 0.05) is 18.7 Å². The van der Waals surface area contributed by atoms with Gasteiger partial charge in [0.05, 0.1) is 18.8 Å². The Morgan fingerprint density at radius 3 is 2.68 bits per heavy atom. The molecule has 134 valence electrons. The van der Waals surface area contributed by atoms with Crippen molar-refractivity contribution in [2.24, 2.45) is 5.73 Å². The second-order valence-electron chi connectivity index (χ2n) is 6.43. The van der Waals surface area contributed by atoms with E-state index in [9.17, 15) is 9.18 Å². The Morgan fingerprint density at radius 2 is 2.04 bits per heavy atom. The molecule has 1 aromatic carbocycles. The number of halogens is 1. The van der Waals surface area contributed by atoms with Gasteiger partial charge in [-0.2, -0.15) is 0 Å². The fourth-order valence-corrected chi connectivity index (χ4v) is 3.46. The van der Waals surface area contributed by atoms with Crippen molar-refractivity contribution in [2.45, 2.75) is 19.4 Å². The lowest BCUT2D eigenvalue weighted by Crippen LogP contribution is -2.45. The maximum Gasteiger partial charge on any atom is 0.245 e. The summed E-state index contributed by atoms with van der Waals surface area (Å²) in [5.41, 5.74) is 5.74. The van der Waals surface area contributed by atoms with E-state index in [1.807, 2.05) is 0 Å². The number of morpholine rings is 1. The highest BCUT2D eigenvalue weighted by molar-refractivity contribution is 7.20. The number of hydrogen-bond donors (Lipinski definition) is 2. The fourth-order valence-electron chi connectivity index (χ4n) is 2.43. The number of nitrogens with zero attached hydrogens (tertiary/aromatic N) is 2. The molecule has 0 aliphatic carbocycles. The van der Waals surface area contributed by atoms with E-state index < -0.39 is 5.54 Å². The minimum absolute atomic E-state index is 0.338. The molecule has 3 rings (SSSR count). The molecule has 3 N–H and O–H groups in total. The van der Waals surface area contributed by atoms with Crippen LogP contribution in [0.15, 0.2) is 24.3 Å². The topological polar surface area (TPSA) is 80.5 Å². The Kier molecular flexibility index (Phi) is 5.03. The minimum Gasteiger partial charge on any atom is -0.378 e. The molecule has 2 heterocycles. The van der Waals surface area contributed by atoms with Crippen LogP contribution in [0, 0.1) is 5.82 Å². The first-order valence-corrected chi connectivity index (χ1v) is 8.86. The van der Waals surface area contributed by atoms with E-state index >= 15 is 0 Å². The highest BCUT2D eigenvalue weighted by atomic mass is 32.1. The summed E-state index contributed by atoms with van der Waals surface area (Å²) >= 11 is 1.32.